The molecule has 0 saturated carbocycles. The van der Waals surface area contributed by atoms with Crippen LogP contribution in [0.2, 0.25) is 0 Å². The van der Waals surface area contributed by atoms with Gasteiger partial charge in [0, 0.05) is 30.1 Å². The molecule has 1 heterocycles. The van der Waals surface area contributed by atoms with Crippen LogP contribution < -0.4 is 16.0 Å². The van der Waals surface area contributed by atoms with Gasteiger partial charge in [0.15, 0.2) is 0 Å². The van der Waals surface area contributed by atoms with E-state index in [-0.39, 0.29) is 24.2 Å². The van der Waals surface area contributed by atoms with Gasteiger partial charge in [-0.15, -0.1) is 0 Å². The first kappa shape index (κ1) is 21.6. The summed E-state index contributed by atoms with van der Waals surface area (Å²) in [6.07, 6.45) is -2.47. The van der Waals surface area contributed by atoms with Crippen molar-refractivity contribution >= 4 is 23.2 Å². The standard InChI is InChI=1S/C21H22F3N3O3/c22-21(23,24)15-3-1-4-17(11-15)25-13-19(28)27-16-8-6-14(7-9-16)20(29)26-12-18-5-2-10-30-18/h1,3-4,6-9,11,18,25H,2,5,10,12-13H2,(H,26,29)(H,27,28). The van der Waals surface area contributed by atoms with Gasteiger partial charge in [0.05, 0.1) is 18.2 Å². The number of anilines is 2. The van der Waals surface area contributed by atoms with Gasteiger partial charge in [-0.1, -0.05) is 6.07 Å². The molecule has 9 heteroatoms. The SMILES string of the molecule is O=C(CNc1cccc(C(F)(F)F)c1)Nc1ccc(C(=O)NCC2CCCO2)cc1. The van der Waals surface area contributed by atoms with E-state index in [4.69, 9.17) is 4.74 Å². The highest BCUT2D eigenvalue weighted by Crippen LogP contribution is 2.30. The summed E-state index contributed by atoms with van der Waals surface area (Å²) in [7, 11) is 0. The van der Waals surface area contributed by atoms with Crippen molar-refractivity contribution in [2.24, 2.45) is 0 Å². The predicted octanol–water partition coefficient (Wildman–Crippen LogP) is 3.66. The molecule has 0 aliphatic carbocycles. The number of benzene rings is 2. The number of halogens is 3. The monoisotopic (exact) mass is 421 g/mol. The Bertz CT molecular complexity index is 879. The number of hydrogen-bond acceptors (Lipinski definition) is 4. The smallest absolute Gasteiger partial charge is 0.376 e. The average Bonchev–Trinajstić information content (AvgIpc) is 3.24. The summed E-state index contributed by atoms with van der Waals surface area (Å²) in [5.41, 5.74) is 0.328. The molecular formula is C21H22F3N3O3. The molecule has 160 valence electrons. The van der Waals surface area contributed by atoms with Crippen LogP contribution in [0, 0.1) is 0 Å². The van der Waals surface area contributed by atoms with Gasteiger partial charge in [-0.2, -0.15) is 13.2 Å². The maximum atomic E-state index is 12.7. The van der Waals surface area contributed by atoms with Gasteiger partial charge in [-0.05, 0) is 55.3 Å². The van der Waals surface area contributed by atoms with E-state index in [1.54, 1.807) is 24.3 Å². The highest BCUT2D eigenvalue weighted by molar-refractivity contribution is 5.96. The fourth-order valence-corrected chi connectivity index (χ4v) is 3.01. The Labute approximate surface area is 171 Å². The van der Waals surface area contributed by atoms with Gasteiger partial charge in [0.1, 0.15) is 0 Å². The summed E-state index contributed by atoms with van der Waals surface area (Å²) in [5, 5.41) is 8.10. The van der Waals surface area contributed by atoms with Gasteiger partial charge in [-0.3, -0.25) is 9.59 Å². The van der Waals surface area contributed by atoms with E-state index in [0.717, 1.165) is 31.6 Å². The van der Waals surface area contributed by atoms with E-state index in [1.807, 2.05) is 0 Å². The van der Waals surface area contributed by atoms with Crippen LogP contribution in [0.15, 0.2) is 48.5 Å². The van der Waals surface area contributed by atoms with E-state index >= 15 is 0 Å². The lowest BCUT2D eigenvalue weighted by molar-refractivity contribution is -0.137. The number of alkyl halides is 3. The summed E-state index contributed by atoms with van der Waals surface area (Å²) in [6, 6.07) is 11.0. The number of rotatable bonds is 7. The molecule has 30 heavy (non-hydrogen) atoms. The third-order valence-electron chi connectivity index (χ3n) is 4.59. The molecule has 1 aliphatic rings. The molecule has 1 fully saturated rings. The third-order valence-corrected chi connectivity index (χ3v) is 4.59. The molecule has 0 radical (unpaired) electrons. The van der Waals surface area contributed by atoms with Crippen LogP contribution in [-0.4, -0.2) is 37.6 Å². The minimum absolute atomic E-state index is 0.0526. The van der Waals surface area contributed by atoms with Crippen molar-refractivity contribution in [3.63, 3.8) is 0 Å². The fraction of sp³-hybridized carbons (Fsp3) is 0.333. The van der Waals surface area contributed by atoms with Crippen LogP contribution in [0.4, 0.5) is 24.5 Å². The predicted molar refractivity (Wildman–Crippen MR) is 106 cm³/mol. The fourth-order valence-electron chi connectivity index (χ4n) is 3.01. The lowest BCUT2D eigenvalue weighted by atomic mass is 10.2. The quantitative estimate of drug-likeness (QED) is 0.638. The minimum atomic E-state index is -4.45. The second-order valence-electron chi connectivity index (χ2n) is 6.90. The number of carbonyl (C=O) groups excluding carboxylic acids is 2. The molecule has 3 rings (SSSR count). The number of amides is 2. The number of ether oxygens (including phenoxy) is 1. The molecule has 0 bridgehead atoms. The van der Waals surface area contributed by atoms with Crippen LogP contribution >= 0.6 is 0 Å². The summed E-state index contributed by atoms with van der Waals surface area (Å²) in [4.78, 5) is 24.2. The van der Waals surface area contributed by atoms with Crippen molar-refractivity contribution in [2.75, 3.05) is 30.3 Å². The lowest BCUT2D eigenvalue weighted by Gasteiger charge is -2.12. The highest BCUT2D eigenvalue weighted by atomic mass is 19.4. The summed E-state index contributed by atoms with van der Waals surface area (Å²) in [5.74, 6) is -0.655. The lowest BCUT2D eigenvalue weighted by Crippen LogP contribution is -2.31. The number of nitrogens with one attached hydrogen (secondary N) is 3. The van der Waals surface area contributed by atoms with Gasteiger partial charge in [-0.25, -0.2) is 0 Å². The van der Waals surface area contributed by atoms with E-state index in [1.165, 1.54) is 12.1 Å². The zero-order valence-corrected chi connectivity index (χ0v) is 16.1. The Morgan fingerprint density at radius 1 is 1.07 bits per heavy atom. The maximum Gasteiger partial charge on any atom is 0.416 e. The molecule has 1 unspecified atom stereocenters. The van der Waals surface area contributed by atoms with Crippen molar-refractivity contribution in [1.82, 2.24) is 5.32 Å². The second kappa shape index (κ2) is 9.62. The van der Waals surface area contributed by atoms with E-state index in [0.29, 0.717) is 17.8 Å². The Hall–Kier alpha value is -3.07. The van der Waals surface area contributed by atoms with E-state index in [9.17, 15) is 22.8 Å². The molecule has 0 spiro atoms. The molecular weight excluding hydrogens is 399 g/mol. The third kappa shape index (κ3) is 6.21. The van der Waals surface area contributed by atoms with Crippen molar-refractivity contribution < 1.29 is 27.5 Å². The Morgan fingerprint density at radius 2 is 1.83 bits per heavy atom. The first-order valence-corrected chi connectivity index (χ1v) is 9.52. The van der Waals surface area contributed by atoms with Gasteiger partial charge in [0.2, 0.25) is 5.91 Å². The summed E-state index contributed by atoms with van der Waals surface area (Å²) in [6.45, 7) is 0.973. The molecule has 2 aromatic carbocycles. The van der Waals surface area contributed by atoms with Crippen LogP contribution in [0.3, 0.4) is 0 Å². The Morgan fingerprint density at radius 3 is 2.50 bits per heavy atom. The summed E-state index contributed by atoms with van der Waals surface area (Å²) < 4.78 is 43.6. The normalized spacial score (nSPS) is 16.2. The Kier molecular flexibility index (Phi) is 6.94. The molecule has 1 atom stereocenters. The first-order valence-electron chi connectivity index (χ1n) is 9.52. The van der Waals surface area contributed by atoms with Crippen molar-refractivity contribution in [2.45, 2.75) is 25.1 Å². The summed E-state index contributed by atoms with van der Waals surface area (Å²) >= 11 is 0. The zero-order chi connectivity index (χ0) is 21.6. The molecule has 6 nitrogen and oxygen atoms in total. The second-order valence-corrected chi connectivity index (χ2v) is 6.90. The van der Waals surface area contributed by atoms with Crippen LogP contribution in [-0.2, 0) is 15.7 Å². The van der Waals surface area contributed by atoms with Crippen LogP contribution in [0.5, 0.6) is 0 Å². The molecule has 2 aromatic rings. The topological polar surface area (TPSA) is 79.5 Å². The number of hydrogen-bond donors (Lipinski definition) is 3. The van der Waals surface area contributed by atoms with Crippen LogP contribution in [0.1, 0.15) is 28.8 Å². The van der Waals surface area contributed by atoms with Crippen molar-refractivity contribution in [3.05, 3.63) is 59.7 Å². The molecule has 0 aromatic heterocycles. The molecule has 2 amide bonds. The highest BCUT2D eigenvalue weighted by Gasteiger charge is 2.30. The minimum Gasteiger partial charge on any atom is -0.376 e. The van der Waals surface area contributed by atoms with E-state index in [2.05, 4.69) is 16.0 Å². The molecule has 1 saturated heterocycles. The largest absolute Gasteiger partial charge is 0.416 e. The van der Waals surface area contributed by atoms with Crippen molar-refractivity contribution in [3.8, 4) is 0 Å². The zero-order valence-electron chi connectivity index (χ0n) is 16.1. The first-order chi connectivity index (χ1) is 14.3. The van der Waals surface area contributed by atoms with Gasteiger partial charge < -0.3 is 20.7 Å². The van der Waals surface area contributed by atoms with Crippen molar-refractivity contribution in [1.29, 1.82) is 0 Å². The maximum absolute atomic E-state index is 12.7. The molecule has 3 N–H and O–H groups in total. The average molecular weight is 421 g/mol. The number of carbonyl (C=O) groups is 2. The molecule has 1 aliphatic heterocycles. The Balaban J connectivity index is 1.46. The van der Waals surface area contributed by atoms with Gasteiger partial charge in [0.25, 0.3) is 5.91 Å². The van der Waals surface area contributed by atoms with E-state index < -0.39 is 17.6 Å². The van der Waals surface area contributed by atoms with Gasteiger partial charge >= 0.3 is 6.18 Å². The van der Waals surface area contributed by atoms with Crippen LogP contribution in [0.25, 0.3) is 0 Å².